The molecule has 2 aromatic rings. The quantitative estimate of drug-likeness (QED) is 0.782. The van der Waals surface area contributed by atoms with E-state index in [0.717, 1.165) is 24.4 Å². The molecule has 152 valence electrons. The lowest BCUT2D eigenvalue weighted by molar-refractivity contribution is -0.140. The van der Waals surface area contributed by atoms with E-state index >= 15 is 0 Å². The molecule has 2 N–H and O–H groups in total. The smallest absolute Gasteiger partial charge is 0.416 e. The molecule has 0 aliphatic rings. The van der Waals surface area contributed by atoms with Crippen molar-refractivity contribution in [2.45, 2.75) is 46.0 Å². The second-order valence-electron chi connectivity index (χ2n) is 6.56. The van der Waals surface area contributed by atoms with E-state index in [0.29, 0.717) is 6.42 Å². The molecule has 0 aliphatic carbocycles. The van der Waals surface area contributed by atoms with Crippen molar-refractivity contribution in [1.29, 1.82) is 0 Å². The number of hydrogen-bond acceptors (Lipinski definition) is 3. The molecule has 1 aromatic carbocycles. The predicted octanol–water partition coefficient (Wildman–Crippen LogP) is 3.27. The van der Waals surface area contributed by atoms with Crippen molar-refractivity contribution in [3.05, 3.63) is 45.7 Å². The molecule has 0 bridgehead atoms. The summed E-state index contributed by atoms with van der Waals surface area (Å²) in [6.07, 6.45) is -2.91. The standard InChI is InChI=1S/C19H21F3N2O4/c1-4-10(3)15(18(27)28)23-17(26)13-9-24(5-2)14-8-11(19(20,21)22)6-7-12(14)16(13)25/h6-10,15H,4-5H2,1-3H3,(H,23,26)(H,27,28)/t10-,15+/m1/s1. The molecule has 0 spiro atoms. The molecule has 6 nitrogen and oxygen atoms in total. The van der Waals surface area contributed by atoms with Gasteiger partial charge in [-0.2, -0.15) is 13.2 Å². The van der Waals surface area contributed by atoms with Crippen molar-refractivity contribution < 1.29 is 27.9 Å². The van der Waals surface area contributed by atoms with Crippen LogP contribution >= 0.6 is 0 Å². The lowest BCUT2D eigenvalue weighted by atomic mass is 9.99. The minimum absolute atomic E-state index is 0.0436. The monoisotopic (exact) mass is 398 g/mol. The third-order valence-electron chi connectivity index (χ3n) is 4.76. The fraction of sp³-hybridized carbons (Fsp3) is 0.421. The highest BCUT2D eigenvalue weighted by Crippen LogP contribution is 2.31. The Labute approximate surface area is 159 Å². The maximum Gasteiger partial charge on any atom is 0.416 e. The zero-order chi connectivity index (χ0) is 21.2. The van der Waals surface area contributed by atoms with Crippen LogP contribution in [0.5, 0.6) is 0 Å². The molecule has 2 atom stereocenters. The number of carboxylic acid groups (broad SMARTS) is 1. The Morgan fingerprint density at radius 3 is 2.39 bits per heavy atom. The number of aromatic nitrogens is 1. The number of fused-ring (bicyclic) bond motifs is 1. The fourth-order valence-electron chi connectivity index (χ4n) is 2.89. The highest BCUT2D eigenvalue weighted by atomic mass is 19.4. The summed E-state index contributed by atoms with van der Waals surface area (Å²) in [5, 5.41) is 11.6. The number of aliphatic carboxylic acids is 1. The Bertz CT molecular complexity index is 966. The lowest BCUT2D eigenvalue weighted by Gasteiger charge is -2.20. The van der Waals surface area contributed by atoms with Gasteiger partial charge in [0.25, 0.3) is 5.91 Å². The number of nitrogens with zero attached hydrogens (tertiary/aromatic N) is 1. The Hall–Kier alpha value is -2.84. The topological polar surface area (TPSA) is 88.4 Å². The van der Waals surface area contributed by atoms with Gasteiger partial charge >= 0.3 is 12.1 Å². The maximum absolute atomic E-state index is 13.0. The van der Waals surface area contributed by atoms with Crippen molar-refractivity contribution in [2.24, 2.45) is 5.92 Å². The molecule has 0 saturated carbocycles. The molecule has 2 rings (SSSR count). The Kier molecular flexibility index (Phi) is 6.16. The van der Waals surface area contributed by atoms with Crippen LogP contribution in [0.4, 0.5) is 13.2 Å². The van der Waals surface area contributed by atoms with Crippen LogP contribution in [0.1, 0.15) is 43.1 Å². The van der Waals surface area contributed by atoms with Crippen LogP contribution in [-0.2, 0) is 17.5 Å². The van der Waals surface area contributed by atoms with E-state index in [1.54, 1.807) is 20.8 Å². The number of nitrogens with one attached hydrogen (secondary N) is 1. The number of carbonyl (C=O) groups is 2. The zero-order valence-electron chi connectivity index (χ0n) is 15.6. The minimum Gasteiger partial charge on any atom is -0.480 e. The molecular formula is C19H21F3N2O4. The van der Waals surface area contributed by atoms with Gasteiger partial charge in [-0.3, -0.25) is 9.59 Å². The summed E-state index contributed by atoms with van der Waals surface area (Å²) in [7, 11) is 0. The van der Waals surface area contributed by atoms with Crippen LogP contribution in [0.3, 0.4) is 0 Å². The van der Waals surface area contributed by atoms with Crippen LogP contribution in [0, 0.1) is 5.92 Å². The van der Waals surface area contributed by atoms with E-state index in [1.807, 2.05) is 0 Å². The highest BCUT2D eigenvalue weighted by molar-refractivity contribution is 5.99. The maximum atomic E-state index is 13.0. The number of amides is 1. The molecule has 0 aliphatic heterocycles. The molecular weight excluding hydrogens is 377 g/mol. The minimum atomic E-state index is -4.57. The van der Waals surface area contributed by atoms with Crippen molar-refractivity contribution in [3.8, 4) is 0 Å². The van der Waals surface area contributed by atoms with Gasteiger partial charge in [0.05, 0.1) is 11.1 Å². The molecule has 0 unspecified atom stereocenters. The number of hydrogen-bond donors (Lipinski definition) is 2. The van der Waals surface area contributed by atoms with Crippen molar-refractivity contribution in [3.63, 3.8) is 0 Å². The van der Waals surface area contributed by atoms with Gasteiger partial charge in [0.15, 0.2) is 0 Å². The molecule has 0 radical (unpaired) electrons. The fourth-order valence-corrected chi connectivity index (χ4v) is 2.89. The van der Waals surface area contributed by atoms with Gasteiger partial charge in [0.1, 0.15) is 11.6 Å². The van der Waals surface area contributed by atoms with E-state index in [-0.39, 0.29) is 28.9 Å². The summed E-state index contributed by atoms with van der Waals surface area (Å²) in [5.74, 6) is -2.47. The van der Waals surface area contributed by atoms with E-state index in [4.69, 9.17) is 0 Å². The number of benzene rings is 1. The van der Waals surface area contributed by atoms with Gasteiger partial charge in [-0.15, -0.1) is 0 Å². The highest BCUT2D eigenvalue weighted by Gasteiger charge is 2.31. The number of carboxylic acids is 1. The molecule has 28 heavy (non-hydrogen) atoms. The van der Waals surface area contributed by atoms with Gasteiger partial charge in [-0.05, 0) is 31.0 Å². The first kappa shape index (κ1) is 21.5. The number of halogens is 3. The SMILES string of the molecule is CC[C@@H](C)[C@H](NC(=O)c1cn(CC)c2cc(C(F)(F)F)ccc2c1=O)C(=O)O. The third kappa shape index (κ3) is 4.18. The molecule has 0 fully saturated rings. The lowest BCUT2D eigenvalue weighted by Crippen LogP contribution is -2.46. The van der Waals surface area contributed by atoms with Gasteiger partial charge < -0.3 is 15.0 Å². The predicted molar refractivity (Wildman–Crippen MR) is 97.2 cm³/mol. The summed E-state index contributed by atoms with van der Waals surface area (Å²) < 4.78 is 40.3. The molecule has 9 heteroatoms. The van der Waals surface area contributed by atoms with Gasteiger partial charge in [-0.25, -0.2) is 4.79 Å². The average Bonchev–Trinajstić information content (AvgIpc) is 2.64. The molecule has 1 amide bonds. The van der Waals surface area contributed by atoms with E-state index < -0.39 is 35.1 Å². The summed E-state index contributed by atoms with van der Waals surface area (Å²) >= 11 is 0. The number of pyridine rings is 1. The van der Waals surface area contributed by atoms with E-state index in [9.17, 15) is 32.7 Å². The van der Waals surface area contributed by atoms with Crippen LogP contribution < -0.4 is 10.7 Å². The number of alkyl halides is 3. The summed E-state index contributed by atoms with van der Waals surface area (Å²) in [6.45, 7) is 5.30. The second kappa shape index (κ2) is 8.04. The summed E-state index contributed by atoms with van der Waals surface area (Å²) in [6, 6.07) is 1.49. The molecule has 0 saturated heterocycles. The van der Waals surface area contributed by atoms with Crippen LogP contribution in [0.2, 0.25) is 0 Å². The number of carbonyl (C=O) groups excluding carboxylic acids is 1. The third-order valence-corrected chi connectivity index (χ3v) is 4.76. The van der Waals surface area contributed by atoms with Crippen molar-refractivity contribution >= 4 is 22.8 Å². The van der Waals surface area contributed by atoms with Crippen LogP contribution in [-0.4, -0.2) is 27.6 Å². The Morgan fingerprint density at radius 1 is 1.25 bits per heavy atom. The Morgan fingerprint density at radius 2 is 1.89 bits per heavy atom. The van der Waals surface area contributed by atoms with Crippen molar-refractivity contribution in [2.75, 3.05) is 0 Å². The molecule has 1 heterocycles. The van der Waals surface area contributed by atoms with Gasteiger partial charge in [0, 0.05) is 18.1 Å². The van der Waals surface area contributed by atoms with Crippen LogP contribution in [0.25, 0.3) is 10.9 Å². The van der Waals surface area contributed by atoms with Crippen molar-refractivity contribution in [1.82, 2.24) is 9.88 Å². The number of aryl methyl sites for hydroxylation is 1. The normalized spacial score (nSPS) is 13.9. The van der Waals surface area contributed by atoms with Gasteiger partial charge in [-0.1, -0.05) is 20.3 Å². The first-order valence-corrected chi connectivity index (χ1v) is 8.79. The average molecular weight is 398 g/mol. The van der Waals surface area contributed by atoms with E-state index in [2.05, 4.69) is 5.32 Å². The Balaban J connectivity index is 2.57. The number of rotatable bonds is 6. The largest absolute Gasteiger partial charge is 0.480 e. The summed E-state index contributed by atoms with van der Waals surface area (Å²) in [4.78, 5) is 36.7. The summed E-state index contributed by atoms with van der Waals surface area (Å²) in [5.41, 5.74) is -1.92. The first-order chi connectivity index (χ1) is 13.0. The van der Waals surface area contributed by atoms with E-state index in [1.165, 1.54) is 4.57 Å². The second-order valence-corrected chi connectivity index (χ2v) is 6.56. The first-order valence-electron chi connectivity index (χ1n) is 8.79. The molecule has 1 aromatic heterocycles. The van der Waals surface area contributed by atoms with Gasteiger partial charge in [0.2, 0.25) is 5.43 Å². The van der Waals surface area contributed by atoms with Crippen LogP contribution in [0.15, 0.2) is 29.2 Å². The zero-order valence-corrected chi connectivity index (χ0v) is 15.6.